The number of β-amino-alcohol motifs (C(OH)–C–C–N with tert-alkyl or cyclic N) is 1. The smallest absolute Gasteiger partial charge is 0.235 e. The molecule has 16 heavy (non-hydrogen) atoms. The molecule has 1 unspecified atom stereocenters. The van der Waals surface area contributed by atoms with Crippen LogP contribution in [0.15, 0.2) is 0 Å². The maximum Gasteiger partial charge on any atom is 0.235 e. The summed E-state index contributed by atoms with van der Waals surface area (Å²) in [7, 11) is 0. The molecule has 0 bridgehead atoms. The Morgan fingerprint density at radius 2 is 2.00 bits per heavy atom. The van der Waals surface area contributed by atoms with Gasteiger partial charge in [-0.05, 0) is 13.3 Å². The van der Waals surface area contributed by atoms with Gasteiger partial charge in [0.05, 0.1) is 17.6 Å². The van der Waals surface area contributed by atoms with E-state index in [0.29, 0.717) is 6.42 Å². The van der Waals surface area contributed by atoms with Crippen molar-refractivity contribution in [3.05, 3.63) is 0 Å². The third-order valence-electron chi connectivity index (χ3n) is 3.01. The normalized spacial score (nSPS) is 23.7. The minimum Gasteiger partial charge on any atom is -0.388 e. The van der Waals surface area contributed by atoms with Crippen LogP contribution >= 0.6 is 0 Å². The predicted molar refractivity (Wildman–Crippen MR) is 60.6 cm³/mol. The van der Waals surface area contributed by atoms with Gasteiger partial charge in [0.2, 0.25) is 11.8 Å². The quantitative estimate of drug-likeness (QED) is 0.737. The second kappa shape index (κ2) is 4.17. The number of likely N-dealkylation sites (tertiary alicyclic amines) is 1. The Balaban J connectivity index is 2.76. The van der Waals surface area contributed by atoms with Crippen LogP contribution in [0.1, 0.15) is 47.0 Å². The van der Waals surface area contributed by atoms with Crippen LogP contribution in [0.2, 0.25) is 0 Å². The molecule has 1 aliphatic heterocycles. The maximum absolute atomic E-state index is 11.9. The first-order valence-corrected chi connectivity index (χ1v) is 5.77. The Kier molecular flexibility index (Phi) is 3.43. The van der Waals surface area contributed by atoms with E-state index in [4.69, 9.17) is 0 Å². The van der Waals surface area contributed by atoms with E-state index >= 15 is 0 Å². The largest absolute Gasteiger partial charge is 0.388 e. The molecule has 1 fully saturated rings. The molecule has 0 aromatic rings. The van der Waals surface area contributed by atoms with Crippen molar-refractivity contribution in [2.24, 2.45) is 5.41 Å². The van der Waals surface area contributed by atoms with E-state index in [-0.39, 0.29) is 24.8 Å². The number of hydrogen-bond donors (Lipinski definition) is 1. The Morgan fingerprint density at radius 3 is 2.38 bits per heavy atom. The molecule has 0 saturated carbocycles. The fraction of sp³-hybridized carbons (Fsp3) is 0.833. The predicted octanol–water partition coefficient (Wildman–Crippen LogP) is 1.32. The van der Waals surface area contributed by atoms with Gasteiger partial charge in [-0.15, -0.1) is 0 Å². The maximum atomic E-state index is 11.9. The van der Waals surface area contributed by atoms with Crippen LogP contribution in [0.4, 0.5) is 0 Å². The first kappa shape index (κ1) is 13.2. The molecule has 0 spiro atoms. The number of carbonyl (C=O) groups excluding carboxylic acids is 2. The highest BCUT2D eigenvalue weighted by Gasteiger charge is 2.46. The minimum absolute atomic E-state index is 0.113. The van der Waals surface area contributed by atoms with E-state index in [1.54, 1.807) is 20.8 Å². The standard InChI is InChI=1S/C12H21NO3/c1-5-6-12(4,16)8-13-9(14)7-11(2,3)10(13)15/h16H,5-8H2,1-4H3. The molecule has 1 atom stereocenters. The SMILES string of the molecule is CCCC(C)(O)CN1C(=O)CC(C)(C)C1=O. The summed E-state index contributed by atoms with van der Waals surface area (Å²) < 4.78 is 0. The molecule has 92 valence electrons. The Morgan fingerprint density at radius 1 is 1.44 bits per heavy atom. The van der Waals surface area contributed by atoms with Gasteiger partial charge in [0.15, 0.2) is 0 Å². The molecule has 2 amide bonds. The van der Waals surface area contributed by atoms with Crippen LogP contribution in [0, 0.1) is 5.41 Å². The van der Waals surface area contributed by atoms with E-state index in [0.717, 1.165) is 6.42 Å². The molecular formula is C12H21NO3. The fourth-order valence-corrected chi connectivity index (χ4v) is 2.15. The number of amides is 2. The van der Waals surface area contributed by atoms with Gasteiger partial charge in [-0.1, -0.05) is 27.2 Å². The van der Waals surface area contributed by atoms with E-state index in [2.05, 4.69) is 0 Å². The third-order valence-corrected chi connectivity index (χ3v) is 3.01. The number of aliphatic hydroxyl groups is 1. The highest BCUT2D eigenvalue weighted by atomic mass is 16.3. The van der Waals surface area contributed by atoms with Crippen molar-refractivity contribution in [2.75, 3.05) is 6.54 Å². The zero-order valence-electron chi connectivity index (χ0n) is 10.5. The van der Waals surface area contributed by atoms with Crippen LogP contribution in [0.5, 0.6) is 0 Å². The molecule has 4 nitrogen and oxygen atoms in total. The van der Waals surface area contributed by atoms with E-state index in [9.17, 15) is 14.7 Å². The zero-order valence-corrected chi connectivity index (χ0v) is 10.5. The van der Waals surface area contributed by atoms with Gasteiger partial charge in [-0.25, -0.2) is 0 Å². The van der Waals surface area contributed by atoms with Crippen molar-refractivity contribution in [1.29, 1.82) is 0 Å². The van der Waals surface area contributed by atoms with Crippen molar-refractivity contribution in [3.63, 3.8) is 0 Å². The average molecular weight is 227 g/mol. The molecule has 4 heteroatoms. The minimum atomic E-state index is -0.972. The Hall–Kier alpha value is -0.900. The summed E-state index contributed by atoms with van der Waals surface area (Å²) in [6.45, 7) is 7.28. The molecule has 1 heterocycles. The Labute approximate surface area is 96.6 Å². The molecule has 1 aliphatic rings. The lowest BCUT2D eigenvalue weighted by Gasteiger charge is -2.28. The van der Waals surface area contributed by atoms with E-state index in [1.165, 1.54) is 4.90 Å². The average Bonchev–Trinajstić information content (AvgIpc) is 2.28. The summed E-state index contributed by atoms with van der Waals surface area (Å²) in [6, 6.07) is 0. The van der Waals surface area contributed by atoms with Gasteiger partial charge in [-0.2, -0.15) is 0 Å². The molecule has 0 aliphatic carbocycles. The molecular weight excluding hydrogens is 206 g/mol. The van der Waals surface area contributed by atoms with Gasteiger partial charge in [0, 0.05) is 6.42 Å². The van der Waals surface area contributed by atoms with Crippen molar-refractivity contribution in [1.82, 2.24) is 4.90 Å². The lowest BCUT2D eigenvalue weighted by atomic mass is 9.92. The number of imide groups is 1. The third kappa shape index (κ3) is 2.61. The van der Waals surface area contributed by atoms with Crippen molar-refractivity contribution in [3.8, 4) is 0 Å². The van der Waals surface area contributed by atoms with E-state index in [1.807, 2.05) is 6.92 Å². The van der Waals surface area contributed by atoms with Crippen LogP contribution < -0.4 is 0 Å². The van der Waals surface area contributed by atoms with Crippen LogP contribution in [0.25, 0.3) is 0 Å². The van der Waals surface area contributed by atoms with Crippen LogP contribution in [-0.2, 0) is 9.59 Å². The number of carbonyl (C=O) groups is 2. The van der Waals surface area contributed by atoms with Crippen molar-refractivity contribution in [2.45, 2.75) is 52.6 Å². The van der Waals surface area contributed by atoms with Gasteiger partial charge >= 0.3 is 0 Å². The lowest BCUT2D eigenvalue weighted by molar-refractivity contribution is -0.144. The number of hydrogen-bond acceptors (Lipinski definition) is 3. The molecule has 0 aromatic carbocycles. The summed E-state index contributed by atoms with van der Waals surface area (Å²) in [5.74, 6) is -0.347. The Bertz CT molecular complexity index is 307. The second-order valence-electron chi connectivity index (χ2n) is 5.59. The van der Waals surface area contributed by atoms with Gasteiger partial charge in [-0.3, -0.25) is 14.5 Å². The van der Waals surface area contributed by atoms with Gasteiger partial charge in [0.1, 0.15) is 0 Å². The van der Waals surface area contributed by atoms with Gasteiger partial charge < -0.3 is 5.11 Å². The summed E-state index contributed by atoms with van der Waals surface area (Å²) in [4.78, 5) is 24.8. The van der Waals surface area contributed by atoms with Crippen molar-refractivity contribution < 1.29 is 14.7 Å². The summed E-state index contributed by atoms with van der Waals surface area (Å²) in [5.41, 5.74) is -1.58. The molecule has 1 saturated heterocycles. The first-order valence-electron chi connectivity index (χ1n) is 5.77. The zero-order chi connectivity index (χ0) is 12.6. The molecule has 0 radical (unpaired) electrons. The first-order chi connectivity index (χ1) is 7.19. The second-order valence-corrected chi connectivity index (χ2v) is 5.59. The number of rotatable bonds is 4. The number of nitrogens with zero attached hydrogens (tertiary/aromatic N) is 1. The lowest BCUT2D eigenvalue weighted by Crippen LogP contribution is -2.44. The topological polar surface area (TPSA) is 57.6 Å². The van der Waals surface area contributed by atoms with Crippen molar-refractivity contribution >= 4 is 11.8 Å². The van der Waals surface area contributed by atoms with Gasteiger partial charge in [0.25, 0.3) is 0 Å². The molecule has 1 N–H and O–H groups in total. The summed E-state index contributed by atoms with van der Waals surface area (Å²) in [6.07, 6.45) is 1.66. The fourth-order valence-electron chi connectivity index (χ4n) is 2.15. The summed E-state index contributed by atoms with van der Waals surface area (Å²) >= 11 is 0. The highest BCUT2D eigenvalue weighted by Crippen LogP contribution is 2.32. The highest BCUT2D eigenvalue weighted by molar-refractivity contribution is 6.05. The van der Waals surface area contributed by atoms with E-state index < -0.39 is 11.0 Å². The van der Waals surface area contributed by atoms with Crippen LogP contribution in [0.3, 0.4) is 0 Å². The monoisotopic (exact) mass is 227 g/mol. The van der Waals surface area contributed by atoms with Crippen LogP contribution in [-0.4, -0.2) is 34.0 Å². The molecule has 0 aromatic heterocycles. The summed E-state index contributed by atoms with van der Waals surface area (Å²) in [5, 5.41) is 10.0. The molecule has 1 rings (SSSR count).